The van der Waals surface area contributed by atoms with Crippen LogP contribution in [-0.4, -0.2) is 30.8 Å². The number of hydrogen-bond donors (Lipinski definition) is 2. The van der Waals surface area contributed by atoms with Crippen LogP contribution in [0.25, 0.3) is 11.1 Å². The number of anilines is 2. The fraction of sp³-hybridized carbons (Fsp3) is 0.212. The van der Waals surface area contributed by atoms with E-state index in [1.54, 1.807) is 50.2 Å². The van der Waals surface area contributed by atoms with Gasteiger partial charge in [0.1, 0.15) is 35.2 Å². The summed E-state index contributed by atoms with van der Waals surface area (Å²) in [5.41, 5.74) is 3.82. The van der Waals surface area contributed by atoms with E-state index in [1.165, 1.54) is 31.0 Å². The lowest BCUT2D eigenvalue weighted by Crippen LogP contribution is -2.47. The second kappa shape index (κ2) is 11.8. The molecule has 1 heterocycles. The van der Waals surface area contributed by atoms with Gasteiger partial charge in [-0.3, -0.25) is 4.79 Å². The smallest absolute Gasteiger partial charge is 0.344 e. The van der Waals surface area contributed by atoms with Crippen molar-refractivity contribution >= 4 is 35.0 Å². The summed E-state index contributed by atoms with van der Waals surface area (Å²) in [6.07, 6.45) is 1.90. The summed E-state index contributed by atoms with van der Waals surface area (Å²) in [4.78, 5) is 26.7. The normalized spacial score (nSPS) is 13.4. The summed E-state index contributed by atoms with van der Waals surface area (Å²) < 4.78 is 31.6. The van der Waals surface area contributed by atoms with Crippen molar-refractivity contribution in [3.63, 3.8) is 0 Å². The zero-order valence-corrected chi connectivity index (χ0v) is 24.8. The van der Waals surface area contributed by atoms with Crippen molar-refractivity contribution in [1.82, 2.24) is 0 Å². The zero-order chi connectivity index (χ0) is 30.0. The van der Waals surface area contributed by atoms with Crippen molar-refractivity contribution in [3.05, 3.63) is 95.3 Å². The van der Waals surface area contributed by atoms with Gasteiger partial charge in [-0.05, 0) is 74.6 Å². The van der Waals surface area contributed by atoms with Gasteiger partial charge in [-0.2, -0.15) is 0 Å². The summed E-state index contributed by atoms with van der Waals surface area (Å²) in [5.74, 6) is 0.0919. The van der Waals surface area contributed by atoms with Crippen LogP contribution in [0.5, 0.6) is 17.2 Å². The summed E-state index contributed by atoms with van der Waals surface area (Å²) >= 11 is 1.47. The molecule has 0 atom stereocenters. The Morgan fingerprint density at radius 3 is 2.50 bits per heavy atom. The molecule has 0 bridgehead atoms. The number of methoxy groups -OCH3 is 1. The lowest BCUT2D eigenvalue weighted by Gasteiger charge is -2.34. The van der Waals surface area contributed by atoms with Crippen LogP contribution < -0.4 is 24.8 Å². The molecule has 7 nitrogen and oxygen atoms in total. The predicted octanol–water partition coefficient (Wildman–Crippen LogP) is 7.47. The number of hydrogen-bond acceptors (Lipinski definition) is 7. The highest BCUT2D eigenvalue weighted by atomic mass is 32.2. The number of halogens is 1. The number of esters is 1. The number of rotatable bonds is 8. The van der Waals surface area contributed by atoms with E-state index in [-0.39, 0.29) is 12.5 Å². The van der Waals surface area contributed by atoms with E-state index in [2.05, 4.69) is 10.6 Å². The molecule has 0 saturated heterocycles. The molecule has 216 valence electrons. The Morgan fingerprint density at radius 2 is 1.74 bits per heavy atom. The molecule has 0 aliphatic carbocycles. The predicted molar refractivity (Wildman–Crippen MR) is 163 cm³/mol. The fourth-order valence-corrected chi connectivity index (χ4v) is 5.36. The van der Waals surface area contributed by atoms with Crippen molar-refractivity contribution in [2.24, 2.45) is 0 Å². The standard InChI is InChI=1S/C33H31FN2O5S/c1-19-10-11-20(34)16-27(19)40-18-25-22(14-15-26-30(25)35-32(38)33(2,3)36-26)23-13-12-21(17-28(23)39-4)41-31(37)24-8-6-7-9-29(24)42-5/h6-17,36H,18H2,1-5H3,(H,35,38). The molecule has 0 spiro atoms. The molecule has 4 aromatic carbocycles. The maximum absolute atomic E-state index is 14.0. The monoisotopic (exact) mass is 586 g/mol. The van der Waals surface area contributed by atoms with Crippen LogP contribution in [0.1, 0.15) is 35.3 Å². The Hall–Kier alpha value is -4.50. The second-order valence-corrected chi connectivity index (χ2v) is 11.2. The van der Waals surface area contributed by atoms with Crippen LogP contribution in [-0.2, 0) is 11.4 Å². The number of thioether (sulfide) groups is 1. The van der Waals surface area contributed by atoms with E-state index < -0.39 is 17.3 Å². The van der Waals surface area contributed by atoms with Crippen LogP contribution in [0.4, 0.5) is 15.8 Å². The number of carbonyl (C=O) groups is 2. The molecule has 0 unspecified atom stereocenters. The van der Waals surface area contributed by atoms with Crippen LogP contribution in [0.2, 0.25) is 0 Å². The summed E-state index contributed by atoms with van der Waals surface area (Å²) in [6.45, 7) is 5.47. The molecule has 4 aromatic rings. The van der Waals surface area contributed by atoms with Crippen molar-refractivity contribution in [2.45, 2.75) is 37.8 Å². The lowest BCUT2D eigenvalue weighted by molar-refractivity contribution is -0.119. The molecule has 0 aromatic heterocycles. The molecule has 9 heteroatoms. The number of aryl methyl sites for hydroxylation is 1. The minimum absolute atomic E-state index is 0.0382. The molecule has 1 amide bonds. The first-order valence-corrected chi connectivity index (χ1v) is 14.5. The highest BCUT2D eigenvalue weighted by molar-refractivity contribution is 7.98. The Morgan fingerprint density at radius 1 is 0.976 bits per heavy atom. The number of fused-ring (bicyclic) bond motifs is 1. The van der Waals surface area contributed by atoms with Gasteiger partial charge in [-0.15, -0.1) is 11.8 Å². The van der Waals surface area contributed by atoms with E-state index >= 15 is 0 Å². The van der Waals surface area contributed by atoms with Crippen LogP contribution in [0.15, 0.2) is 77.7 Å². The first-order chi connectivity index (χ1) is 20.1. The van der Waals surface area contributed by atoms with E-state index in [1.807, 2.05) is 37.4 Å². The lowest BCUT2D eigenvalue weighted by atomic mass is 9.92. The van der Waals surface area contributed by atoms with Crippen molar-refractivity contribution in [3.8, 4) is 28.4 Å². The molecule has 42 heavy (non-hydrogen) atoms. The zero-order valence-electron chi connectivity index (χ0n) is 24.0. The van der Waals surface area contributed by atoms with Gasteiger partial charge in [-0.1, -0.05) is 24.3 Å². The fourth-order valence-electron chi connectivity index (χ4n) is 4.77. The van der Waals surface area contributed by atoms with Crippen molar-refractivity contribution in [1.29, 1.82) is 0 Å². The average Bonchev–Trinajstić information content (AvgIpc) is 2.98. The first-order valence-electron chi connectivity index (χ1n) is 13.3. The highest BCUT2D eigenvalue weighted by Crippen LogP contribution is 2.43. The molecule has 0 saturated carbocycles. The Labute approximate surface area is 248 Å². The minimum atomic E-state index is -0.816. The van der Waals surface area contributed by atoms with Gasteiger partial charge in [0, 0.05) is 28.2 Å². The quantitative estimate of drug-likeness (QED) is 0.126. The first kappa shape index (κ1) is 29.0. The van der Waals surface area contributed by atoms with E-state index in [0.717, 1.165) is 21.7 Å². The van der Waals surface area contributed by atoms with Crippen LogP contribution in [0.3, 0.4) is 0 Å². The number of benzene rings is 4. The number of nitrogens with one attached hydrogen (secondary N) is 2. The molecule has 2 N–H and O–H groups in total. The van der Waals surface area contributed by atoms with E-state index in [4.69, 9.17) is 14.2 Å². The van der Waals surface area contributed by atoms with Crippen molar-refractivity contribution < 1.29 is 28.2 Å². The van der Waals surface area contributed by atoms with Gasteiger partial charge in [0.15, 0.2) is 0 Å². The summed E-state index contributed by atoms with van der Waals surface area (Å²) in [5, 5.41) is 6.32. The van der Waals surface area contributed by atoms with Gasteiger partial charge >= 0.3 is 5.97 Å². The maximum atomic E-state index is 14.0. The highest BCUT2D eigenvalue weighted by Gasteiger charge is 2.35. The molecular weight excluding hydrogens is 555 g/mol. The molecular formula is C33H31FN2O5S. The third-order valence-corrected chi connectivity index (χ3v) is 7.88. The van der Waals surface area contributed by atoms with Crippen LogP contribution >= 0.6 is 11.8 Å². The Kier molecular flexibility index (Phi) is 8.13. The van der Waals surface area contributed by atoms with E-state index in [9.17, 15) is 14.0 Å². The minimum Gasteiger partial charge on any atom is -0.496 e. The topological polar surface area (TPSA) is 85.9 Å². The molecule has 1 aliphatic heterocycles. The number of carbonyl (C=O) groups excluding carboxylic acids is 2. The molecule has 0 fully saturated rings. The number of ether oxygens (including phenoxy) is 3. The van der Waals surface area contributed by atoms with Gasteiger partial charge in [0.2, 0.25) is 5.91 Å². The SMILES string of the molecule is COc1cc(OC(=O)c2ccccc2SC)ccc1-c1ccc2c(c1COc1cc(F)ccc1C)NC(=O)C(C)(C)N2. The van der Waals surface area contributed by atoms with Gasteiger partial charge in [-0.25, -0.2) is 9.18 Å². The molecule has 1 aliphatic rings. The third kappa shape index (κ3) is 5.78. The second-order valence-electron chi connectivity index (χ2n) is 10.4. The van der Waals surface area contributed by atoms with Gasteiger partial charge in [0.25, 0.3) is 0 Å². The largest absolute Gasteiger partial charge is 0.496 e. The third-order valence-electron chi connectivity index (χ3n) is 7.09. The van der Waals surface area contributed by atoms with Gasteiger partial charge < -0.3 is 24.8 Å². The molecule has 0 radical (unpaired) electrons. The number of amides is 1. The average molecular weight is 587 g/mol. The molecule has 5 rings (SSSR count). The maximum Gasteiger partial charge on any atom is 0.344 e. The Bertz CT molecular complexity index is 1690. The van der Waals surface area contributed by atoms with Crippen LogP contribution in [0, 0.1) is 12.7 Å². The van der Waals surface area contributed by atoms with E-state index in [0.29, 0.717) is 39.6 Å². The Balaban J connectivity index is 1.54. The summed E-state index contributed by atoms with van der Waals surface area (Å²) in [7, 11) is 1.53. The summed E-state index contributed by atoms with van der Waals surface area (Å²) in [6, 6.07) is 20.5. The van der Waals surface area contributed by atoms with Crippen molar-refractivity contribution in [2.75, 3.05) is 24.0 Å². The van der Waals surface area contributed by atoms with Gasteiger partial charge in [0.05, 0.1) is 24.0 Å².